The summed E-state index contributed by atoms with van der Waals surface area (Å²) in [4.78, 5) is 17.0. The summed E-state index contributed by atoms with van der Waals surface area (Å²) in [6, 6.07) is 5.84. The molecule has 1 aliphatic carbocycles. The van der Waals surface area contributed by atoms with Gasteiger partial charge < -0.3 is 10.0 Å². The van der Waals surface area contributed by atoms with E-state index in [0.29, 0.717) is 18.7 Å². The summed E-state index contributed by atoms with van der Waals surface area (Å²) in [6.45, 7) is 3.09. The lowest BCUT2D eigenvalue weighted by Gasteiger charge is -2.39. The minimum atomic E-state index is -0.202. The minimum absolute atomic E-state index is 0.0502. The number of piperazine rings is 1. The van der Waals surface area contributed by atoms with E-state index < -0.39 is 0 Å². The summed E-state index contributed by atoms with van der Waals surface area (Å²) >= 11 is 0. The Hall–Kier alpha value is -1.99. The van der Waals surface area contributed by atoms with Crippen molar-refractivity contribution in [3.05, 3.63) is 23.8 Å². The van der Waals surface area contributed by atoms with Crippen molar-refractivity contribution in [1.29, 1.82) is 0 Å². The highest BCUT2D eigenvalue weighted by atomic mass is 16.3. The molecule has 7 nitrogen and oxygen atoms in total. The van der Waals surface area contributed by atoms with Gasteiger partial charge in [0.05, 0.1) is 11.6 Å². The number of carbonyl (C=O) groups is 1. The molecule has 1 N–H and O–H groups in total. The third-order valence-corrected chi connectivity index (χ3v) is 5.37. The molecule has 2 unspecified atom stereocenters. The van der Waals surface area contributed by atoms with Gasteiger partial charge in [-0.3, -0.25) is 9.69 Å². The normalized spacial score (nSPS) is 25.5. The molecule has 1 amide bonds. The molecule has 2 heterocycles. The fourth-order valence-electron chi connectivity index (χ4n) is 3.96. The third kappa shape index (κ3) is 2.67. The van der Waals surface area contributed by atoms with Gasteiger partial charge in [-0.2, -0.15) is 0 Å². The number of benzene rings is 1. The Labute approximate surface area is 140 Å². The van der Waals surface area contributed by atoms with Crippen LogP contribution in [0.2, 0.25) is 0 Å². The van der Waals surface area contributed by atoms with Crippen molar-refractivity contribution in [1.82, 2.24) is 24.8 Å². The van der Waals surface area contributed by atoms with Crippen LogP contribution in [0.4, 0.5) is 0 Å². The van der Waals surface area contributed by atoms with Gasteiger partial charge >= 0.3 is 0 Å². The molecular weight excluding hydrogens is 306 g/mol. The van der Waals surface area contributed by atoms with Crippen molar-refractivity contribution in [3.63, 3.8) is 0 Å². The number of aliphatic hydroxyl groups excluding tert-OH is 1. The van der Waals surface area contributed by atoms with Crippen LogP contribution in [0.1, 0.15) is 29.6 Å². The van der Waals surface area contributed by atoms with Crippen LogP contribution in [0.3, 0.4) is 0 Å². The number of rotatable bonds is 2. The first kappa shape index (κ1) is 15.5. The molecule has 2 fully saturated rings. The van der Waals surface area contributed by atoms with Crippen LogP contribution in [0, 0.1) is 0 Å². The first-order chi connectivity index (χ1) is 11.6. The number of aromatic nitrogens is 3. The number of fused-ring (bicyclic) bond motifs is 1. The quantitative estimate of drug-likeness (QED) is 0.875. The van der Waals surface area contributed by atoms with Crippen LogP contribution in [0.5, 0.6) is 0 Å². The van der Waals surface area contributed by atoms with Crippen molar-refractivity contribution >= 4 is 16.9 Å². The van der Waals surface area contributed by atoms with Crippen LogP contribution in [0.15, 0.2) is 18.2 Å². The van der Waals surface area contributed by atoms with Gasteiger partial charge in [-0.1, -0.05) is 5.21 Å². The van der Waals surface area contributed by atoms with E-state index in [9.17, 15) is 9.90 Å². The number of carbonyl (C=O) groups excluding carboxylic acids is 1. The van der Waals surface area contributed by atoms with Crippen molar-refractivity contribution in [2.45, 2.75) is 31.4 Å². The monoisotopic (exact) mass is 329 g/mol. The zero-order chi connectivity index (χ0) is 16.7. The zero-order valence-electron chi connectivity index (χ0n) is 13.9. The molecule has 1 saturated heterocycles. The van der Waals surface area contributed by atoms with E-state index in [-0.39, 0.29) is 18.1 Å². The summed E-state index contributed by atoms with van der Waals surface area (Å²) in [5.74, 6) is 0.0502. The van der Waals surface area contributed by atoms with Crippen molar-refractivity contribution in [2.24, 2.45) is 7.05 Å². The van der Waals surface area contributed by atoms with Gasteiger partial charge in [0.2, 0.25) is 0 Å². The summed E-state index contributed by atoms with van der Waals surface area (Å²) in [5, 5.41) is 18.1. The van der Waals surface area contributed by atoms with Gasteiger partial charge in [0.25, 0.3) is 5.91 Å². The minimum Gasteiger partial charge on any atom is -0.391 e. The fourth-order valence-corrected chi connectivity index (χ4v) is 3.96. The average molecular weight is 329 g/mol. The molecular formula is C17H23N5O2. The van der Waals surface area contributed by atoms with E-state index in [2.05, 4.69) is 15.2 Å². The second-order valence-corrected chi connectivity index (χ2v) is 6.81. The molecule has 2 aliphatic rings. The molecule has 0 radical (unpaired) electrons. The Morgan fingerprint density at radius 2 is 2.00 bits per heavy atom. The highest BCUT2D eigenvalue weighted by molar-refractivity contribution is 5.97. The van der Waals surface area contributed by atoms with Crippen LogP contribution < -0.4 is 0 Å². The maximum absolute atomic E-state index is 12.7. The summed E-state index contributed by atoms with van der Waals surface area (Å²) < 4.78 is 1.70. The molecule has 24 heavy (non-hydrogen) atoms. The van der Waals surface area contributed by atoms with Crippen molar-refractivity contribution in [3.8, 4) is 0 Å². The van der Waals surface area contributed by atoms with Crippen molar-refractivity contribution in [2.75, 3.05) is 26.2 Å². The Morgan fingerprint density at radius 1 is 1.21 bits per heavy atom. The first-order valence-corrected chi connectivity index (χ1v) is 8.64. The van der Waals surface area contributed by atoms with Gasteiger partial charge in [-0.05, 0) is 37.5 Å². The van der Waals surface area contributed by atoms with Crippen LogP contribution in [-0.4, -0.2) is 74.1 Å². The average Bonchev–Trinajstić information content (AvgIpc) is 3.20. The predicted octanol–water partition coefficient (Wildman–Crippen LogP) is 0.639. The molecule has 128 valence electrons. The molecule has 0 spiro atoms. The van der Waals surface area contributed by atoms with E-state index in [1.807, 2.05) is 30.1 Å². The van der Waals surface area contributed by atoms with Crippen LogP contribution >= 0.6 is 0 Å². The highest BCUT2D eigenvalue weighted by Crippen LogP contribution is 2.25. The van der Waals surface area contributed by atoms with E-state index in [1.165, 1.54) is 0 Å². The lowest BCUT2D eigenvalue weighted by Crippen LogP contribution is -2.53. The third-order valence-electron chi connectivity index (χ3n) is 5.37. The predicted molar refractivity (Wildman–Crippen MR) is 89.6 cm³/mol. The Bertz CT molecular complexity index is 751. The lowest BCUT2D eigenvalue weighted by atomic mass is 10.1. The lowest BCUT2D eigenvalue weighted by molar-refractivity contribution is 0.0315. The van der Waals surface area contributed by atoms with E-state index in [4.69, 9.17) is 0 Å². The van der Waals surface area contributed by atoms with Gasteiger partial charge in [-0.25, -0.2) is 4.68 Å². The molecule has 2 atom stereocenters. The number of hydrogen-bond acceptors (Lipinski definition) is 5. The Morgan fingerprint density at radius 3 is 2.71 bits per heavy atom. The van der Waals surface area contributed by atoms with E-state index >= 15 is 0 Å². The van der Waals surface area contributed by atoms with Crippen molar-refractivity contribution < 1.29 is 9.90 Å². The van der Waals surface area contributed by atoms with Crippen LogP contribution in [-0.2, 0) is 7.05 Å². The largest absolute Gasteiger partial charge is 0.391 e. The molecule has 1 aliphatic heterocycles. The van der Waals surface area contributed by atoms with Gasteiger partial charge in [0.15, 0.2) is 0 Å². The molecule has 2 aromatic rings. The molecule has 1 saturated carbocycles. The van der Waals surface area contributed by atoms with Crippen LogP contribution in [0.25, 0.3) is 11.0 Å². The van der Waals surface area contributed by atoms with E-state index in [0.717, 1.165) is 43.4 Å². The highest BCUT2D eigenvalue weighted by Gasteiger charge is 2.33. The molecule has 4 rings (SSSR count). The number of amides is 1. The molecule has 0 bridgehead atoms. The first-order valence-electron chi connectivity index (χ1n) is 8.64. The number of aliphatic hydroxyl groups is 1. The summed E-state index contributed by atoms with van der Waals surface area (Å²) in [7, 11) is 1.84. The number of hydrogen-bond donors (Lipinski definition) is 1. The Balaban J connectivity index is 1.43. The summed E-state index contributed by atoms with van der Waals surface area (Å²) in [5.41, 5.74) is 2.33. The zero-order valence-corrected chi connectivity index (χ0v) is 13.9. The topological polar surface area (TPSA) is 74.5 Å². The smallest absolute Gasteiger partial charge is 0.254 e. The van der Waals surface area contributed by atoms with Gasteiger partial charge in [0.1, 0.15) is 5.52 Å². The summed E-state index contributed by atoms with van der Waals surface area (Å²) in [6.07, 6.45) is 2.87. The maximum atomic E-state index is 12.7. The second-order valence-electron chi connectivity index (χ2n) is 6.81. The maximum Gasteiger partial charge on any atom is 0.254 e. The van der Waals surface area contributed by atoms with Gasteiger partial charge in [0, 0.05) is 44.8 Å². The molecule has 7 heteroatoms. The second kappa shape index (κ2) is 6.14. The Kier molecular flexibility index (Phi) is 3.97. The van der Waals surface area contributed by atoms with Gasteiger partial charge in [-0.15, -0.1) is 5.10 Å². The fraction of sp³-hybridized carbons (Fsp3) is 0.588. The SMILES string of the molecule is Cn1nnc2cc(C(=O)N3CCN(C4CCCC4O)CC3)ccc21. The number of nitrogens with zero attached hydrogens (tertiary/aromatic N) is 5. The standard InChI is InChI=1S/C17H23N5O2/c1-20-14-6-5-12(11-13(14)18-19-20)17(24)22-9-7-21(8-10-22)15-3-2-4-16(15)23/h5-6,11,15-16,23H,2-4,7-10H2,1H3. The number of aryl methyl sites for hydroxylation is 1. The van der Waals surface area contributed by atoms with E-state index in [1.54, 1.807) is 4.68 Å². The molecule has 1 aromatic carbocycles. The molecule has 1 aromatic heterocycles.